The van der Waals surface area contributed by atoms with Crippen LogP contribution in [0.1, 0.15) is 25.0 Å². The van der Waals surface area contributed by atoms with Crippen LogP contribution in [-0.2, 0) is 5.41 Å². The Morgan fingerprint density at radius 2 is 0.889 bits per heavy atom. The second-order valence-electron chi connectivity index (χ2n) is 14.6. The molecule has 1 aliphatic carbocycles. The van der Waals surface area contributed by atoms with E-state index in [0.717, 1.165) is 28.4 Å². The van der Waals surface area contributed by atoms with Crippen LogP contribution in [0, 0.1) is 0 Å². The fourth-order valence-corrected chi connectivity index (χ4v) is 9.75. The van der Waals surface area contributed by atoms with Crippen LogP contribution < -0.4 is 9.80 Å². The number of nitrogens with zero attached hydrogens (tertiary/aromatic N) is 2. The van der Waals surface area contributed by atoms with Crippen LogP contribution in [0.2, 0.25) is 0 Å². The van der Waals surface area contributed by atoms with E-state index in [1.54, 1.807) is 0 Å². The van der Waals surface area contributed by atoms with Gasteiger partial charge in [0.25, 0.3) is 0 Å². The first-order chi connectivity index (χ1) is 26.5. The van der Waals surface area contributed by atoms with E-state index in [1.165, 1.54) is 59.2 Å². The minimum Gasteiger partial charge on any atom is -0.310 e. The topological polar surface area (TPSA) is 6.48 Å². The Morgan fingerprint density at radius 1 is 0.407 bits per heavy atom. The van der Waals surface area contributed by atoms with Crippen LogP contribution in [-0.4, -0.2) is 0 Å². The van der Waals surface area contributed by atoms with Gasteiger partial charge in [0.1, 0.15) is 0 Å². The molecule has 54 heavy (non-hydrogen) atoms. The molecule has 2 nitrogen and oxygen atoms in total. The van der Waals surface area contributed by atoms with Crippen molar-refractivity contribution in [3.05, 3.63) is 205 Å². The quantitative estimate of drug-likeness (QED) is 0.162. The maximum absolute atomic E-state index is 2.42. The van der Waals surface area contributed by atoms with Gasteiger partial charge in [-0.25, -0.2) is 0 Å². The zero-order chi connectivity index (χ0) is 36.2. The third-order valence-corrected chi connectivity index (χ3v) is 12.2. The van der Waals surface area contributed by atoms with E-state index in [2.05, 4.69) is 218 Å². The Bertz CT molecular complexity index is 2780. The fraction of sp³-hybridized carbons (Fsp3) is 0.0588. The second kappa shape index (κ2) is 12.9. The SMILES string of the molecule is CC1(C)c2cc(N(c3ccccc3)c3ccc(-c4ccc(N(c5ccccc5)c5ccc6ccccc6c5)cc4)cc3)ccc2-c2sc3ccccc3c21. The molecule has 0 atom stereocenters. The van der Waals surface area contributed by atoms with Gasteiger partial charge in [-0.2, -0.15) is 0 Å². The first-order valence-corrected chi connectivity index (χ1v) is 19.4. The van der Waals surface area contributed by atoms with Crippen LogP contribution in [0.3, 0.4) is 0 Å². The van der Waals surface area contributed by atoms with Gasteiger partial charge >= 0.3 is 0 Å². The van der Waals surface area contributed by atoms with Gasteiger partial charge in [0, 0.05) is 49.1 Å². The molecular formula is C51H38N2S. The summed E-state index contributed by atoms with van der Waals surface area (Å²) >= 11 is 1.92. The van der Waals surface area contributed by atoms with E-state index in [0.29, 0.717) is 0 Å². The third kappa shape index (κ3) is 5.39. The molecule has 0 saturated carbocycles. The molecule has 0 amide bonds. The molecule has 10 rings (SSSR count). The molecule has 9 aromatic rings. The highest BCUT2D eigenvalue weighted by Gasteiger charge is 2.39. The van der Waals surface area contributed by atoms with Crippen molar-refractivity contribution in [3.63, 3.8) is 0 Å². The van der Waals surface area contributed by atoms with Crippen molar-refractivity contribution >= 4 is 66.3 Å². The van der Waals surface area contributed by atoms with E-state index in [-0.39, 0.29) is 5.41 Å². The highest BCUT2D eigenvalue weighted by molar-refractivity contribution is 7.22. The molecule has 258 valence electrons. The number of thiophene rings is 1. The van der Waals surface area contributed by atoms with Gasteiger partial charge in [0.2, 0.25) is 0 Å². The number of para-hydroxylation sites is 2. The molecule has 0 N–H and O–H groups in total. The maximum atomic E-state index is 2.42. The second-order valence-corrected chi connectivity index (χ2v) is 15.7. The third-order valence-electron chi connectivity index (χ3n) is 11.0. The number of hydrogen-bond donors (Lipinski definition) is 0. The molecule has 1 aliphatic rings. The lowest BCUT2D eigenvalue weighted by Gasteiger charge is -2.28. The lowest BCUT2D eigenvalue weighted by atomic mass is 9.81. The molecular weight excluding hydrogens is 673 g/mol. The summed E-state index contributed by atoms with van der Waals surface area (Å²) in [5, 5.41) is 3.85. The molecule has 0 aliphatic heterocycles. The van der Waals surface area contributed by atoms with Crippen LogP contribution in [0.4, 0.5) is 34.1 Å². The summed E-state index contributed by atoms with van der Waals surface area (Å²) in [6, 6.07) is 70.4. The first kappa shape index (κ1) is 32.2. The number of rotatable bonds is 7. The molecule has 0 fully saturated rings. The van der Waals surface area contributed by atoms with Gasteiger partial charge in [-0.05, 0) is 123 Å². The molecule has 0 bridgehead atoms. The summed E-state index contributed by atoms with van der Waals surface area (Å²) in [6.07, 6.45) is 0. The lowest BCUT2D eigenvalue weighted by Crippen LogP contribution is -2.16. The van der Waals surface area contributed by atoms with Gasteiger partial charge in [-0.1, -0.05) is 129 Å². The van der Waals surface area contributed by atoms with Crippen molar-refractivity contribution in [1.82, 2.24) is 0 Å². The Labute approximate surface area is 320 Å². The fourth-order valence-electron chi connectivity index (χ4n) is 8.35. The average molecular weight is 711 g/mol. The monoisotopic (exact) mass is 710 g/mol. The predicted molar refractivity (Wildman–Crippen MR) is 232 cm³/mol. The van der Waals surface area contributed by atoms with Crippen molar-refractivity contribution in [2.24, 2.45) is 0 Å². The van der Waals surface area contributed by atoms with Crippen molar-refractivity contribution in [2.45, 2.75) is 19.3 Å². The summed E-state index contributed by atoms with van der Waals surface area (Å²) < 4.78 is 1.37. The van der Waals surface area contributed by atoms with E-state index < -0.39 is 0 Å². The normalized spacial score (nSPS) is 12.8. The molecule has 3 heteroatoms. The van der Waals surface area contributed by atoms with Gasteiger partial charge in [0.05, 0.1) is 0 Å². The Morgan fingerprint density at radius 3 is 1.52 bits per heavy atom. The molecule has 0 saturated heterocycles. The molecule has 1 heterocycles. The number of anilines is 6. The van der Waals surface area contributed by atoms with Gasteiger partial charge in [-0.3, -0.25) is 0 Å². The van der Waals surface area contributed by atoms with Crippen LogP contribution in [0.5, 0.6) is 0 Å². The number of hydrogen-bond acceptors (Lipinski definition) is 3. The van der Waals surface area contributed by atoms with E-state index >= 15 is 0 Å². The van der Waals surface area contributed by atoms with Crippen LogP contribution >= 0.6 is 11.3 Å². The van der Waals surface area contributed by atoms with Crippen molar-refractivity contribution in [1.29, 1.82) is 0 Å². The molecule has 0 radical (unpaired) electrons. The van der Waals surface area contributed by atoms with Crippen molar-refractivity contribution in [2.75, 3.05) is 9.80 Å². The van der Waals surface area contributed by atoms with E-state index in [9.17, 15) is 0 Å². The first-order valence-electron chi connectivity index (χ1n) is 18.6. The lowest BCUT2D eigenvalue weighted by molar-refractivity contribution is 0.667. The molecule has 8 aromatic carbocycles. The Kier molecular flexibility index (Phi) is 7.71. The summed E-state index contributed by atoms with van der Waals surface area (Å²) in [7, 11) is 0. The van der Waals surface area contributed by atoms with E-state index in [4.69, 9.17) is 0 Å². The standard InChI is InChI=1S/C51H38N2S/c1-51(2)47-34-44(31-32-45(47)50-49(51)46-19-11-12-20-48(46)54-50)53(40-17-7-4-8-18-40)42-28-23-37(24-29-42)36-21-26-41(27-22-36)52(39-15-5-3-6-16-39)43-30-25-35-13-9-10-14-38(35)33-43/h3-34H,1-2H3. The number of fused-ring (bicyclic) bond motifs is 6. The zero-order valence-corrected chi connectivity index (χ0v) is 31.1. The summed E-state index contributed by atoms with van der Waals surface area (Å²) in [4.78, 5) is 6.12. The maximum Gasteiger partial charge on any atom is 0.0468 e. The van der Waals surface area contributed by atoms with E-state index in [1.807, 2.05) is 11.3 Å². The highest BCUT2D eigenvalue weighted by Crippen LogP contribution is 2.56. The summed E-state index contributed by atoms with van der Waals surface area (Å²) in [5.41, 5.74) is 13.3. The van der Waals surface area contributed by atoms with Gasteiger partial charge in [-0.15, -0.1) is 11.3 Å². The minimum atomic E-state index is -0.0942. The Balaban J connectivity index is 0.989. The van der Waals surface area contributed by atoms with Crippen molar-refractivity contribution in [3.8, 4) is 21.6 Å². The van der Waals surface area contributed by atoms with Crippen LogP contribution in [0.15, 0.2) is 194 Å². The average Bonchev–Trinajstić information content (AvgIpc) is 3.72. The predicted octanol–water partition coefficient (Wildman–Crippen LogP) is 15.0. The number of benzene rings is 8. The van der Waals surface area contributed by atoms with Gasteiger partial charge < -0.3 is 9.80 Å². The molecule has 1 aromatic heterocycles. The highest BCUT2D eigenvalue weighted by atomic mass is 32.1. The summed E-state index contributed by atoms with van der Waals surface area (Å²) in [5.74, 6) is 0. The Hall–Kier alpha value is -6.42. The van der Waals surface area contributed by atoms with Gasteiger partial charge in [0.15, 0.2) is 0 Å². The minimum absolute atomic E-state index is 0.0942. The smallest absolute Gasteiger partial charge is 0.0468 e. The summed E-state index contributed by atoms with van der Waals surface area (Å²) in [6.45, 7) is 4.77. The zero-order valence-electron chi connectivity index (χ0n) is 30.3. The molecule has 0 spiro atoms. The largest absolute Gasteiger partial charge is 0.310 e. The molecule has 0 unspecified atom stereocenters. The van der Waals surface area contributed by atoms with Crippen LogP contribution in [0.25, 0.3) is 42.4 Å². The van der Waals surface area contributed by atoms with Crippen molar-refractivity contribution < 1.29 is 0 Å².